The number of ether oxygens (including phenoxy) is 1. The van der Waals surface area contributed by atoms with E-state index in [1.54, 1.807) is 6.26 Å². The Labute approximate surface area is 243 Å². The van der Waals surface area contributed by atoms with Crippen molar-refractivity contribution in [2.45, 2.75) is 45.1 Å². The number of hydrogen-bond acceptors (Lipinski definition) is 6. The molecule has 2 aliphatic heterocycles. The molecule has 40 heavy (non-hydrogen) atoms. The molecule has 8 heteroatoms. The Morgan fingerprint density at radius 1 is 1.02 bits per heavy atom. The fourth-order valence-electron chi connectivity index (χ4n) is 5.96. The van der Waals surface area contributed by atoms with E-state index >= 15 is 0 Å². The van der Waals surface area contributed by atoms with Crippen LogP contribution in [0, 0.1) is 0 Å². The van der Waals surface area contributed by atoms with Crippen LogP contribution in [0.5, 0.6) is 5.75 Å². The van der Waals surface area contributed by atoms with Crippen molar-refractivity contribution in [3.05, 3.63) is 53.8 Å². The van der Waals surface area contributed by atoms with Gasteiger partial charge < -0.3 is 19.4 Å². The zero-order valence-corrected chi connectivity index (χ0v) is 24.5. The molecule has 2 aliphatic rings. The molecule has 3 heterocycles. The minimum absolute atomic E-state index is 0.171. The molecule has 0 radical (unpaired) electrons. The molecular formula is C32H43ClN4O3. The van der Waals surface area contributed by atoms with Gasteiger partial charge >= 0.3 is 0 Å². The van der Waals surface area contributed by atoms with E-state index in [-0.39, 0.29) is 5.91 Å². The van der Waals surface area contributed by atoms with Crippen LogP contribution < -0.4 is 10.1 Å². The maximum atomic E-state index is 12.4. The topological polar surface area (TPSA) is 61.2 Å². The average Bonchev–Trinajstić information content (AvgIpc) is 3.61. The van der Waals surface area contributed by atoms with E-state index < -0.39 is 0 Å². The average molecular weight is 567 g/mol. The van der Waals surface area contributed by atoms with E-state index in [2.05, 4.69) is 33.0 Å². The normalized spacial score (nSPS) is 18.9. The molecule has 216 valence electrons. The van der Waals surface area contributed by atoms with E-state index in [0.717, 1.165) is 91.5 Å². The number of likely N-dealkylation sites (N-methyl/N-ethyl adjacent to an activating group) is 1. The van der Waals surface area contributed by atoms with Gasteiger partial charge in [-0.05, 0) is 81.6 Å². The molecule has 7 nitrogen and oxygen atoms in total. The van der Waals surface area contributed by atoms with E-state index in [4.69, 9.17) is 20.8 Å². The van der Waals surface area contributed by atoms with Gasteiger partial charge in [-0.2, -0.15) is 0 Å². The minimum atomic E-state index is 0.171. The summed E-state index contributed by atoms with van der Waals surface area (Å²) in [6.07, 6.45) is 7.58. The Hall–Kier alpha value is -2.58. The summed E-state index contributed by atoms with van der Waals surface area (Å²) in [5, 5.41) is 4.97. The molecule has 2 fully saturated rings. The van der Waals surface area contributed by atoms with Gasteiger partial charge in [-0.3, -0.25) is 14.6 Å². The van der Waals surface area contributed by atoms with Crippen molar-refractivity contribution in [3.63, 3.8) is 0 Å². The molecule has 5 rings (SSSR count). The number of benzene rings is 2. The third-order valence-electron chi connectivity index (χ3n) is 8.36. The predicted octanol–water partition coefficient (Wildman–Crippen LogP) is 5.52. The van der Waals surface area contributed by atoms with Gasteiger partial charge in [0, 0.05) is 60.8 Å². The summed E-state index contributed by atoms with van der Waals surface area (Å²) in [5.74, 6) is 1.01. The van der Waals surface area contributed by atoms with Crippen LogP contribution in [0.2, 0.25) is 5.02 Å². The number of nitrogens with zero attached hydrogens (tertiary/aromatic N) is 3. The van der Waals surface area contributed by atoms with Crippen LogP contribution in [0.15, 0.2) is 53.1 Å². The van der Waals surface area contributed by atoms with Gasteiger partial charge in [0.15, 0.2) is 0 Å². The lowest BCUT2D eigenvalue weighted by molar-refractivity contribution is -0.122. The second-order valence-electron chi connectivity index (χ2n) is 11.1. The Morgan fingerprint density at radius 2 is 1.82 bits per heavy atom. The predicted molar refractivity (Wildman–Crippen MR) is 162 cm³/mol. The summed E-state index contributed by atoms with van der Waals surface area (Å²) in [4.78, 5) is 19.7. The van der Waals surface area contributed by atoms with Crippen LogP contribution in [0.4, 0.5) is 0 Å². The number of piperazine rings is 1. The lowest BCUT2D eigenvalue weighted by Gasteiger charge is -2.34. The van der Waals surface area contributed by atoms with Gasteiger partial charge in [0.25, 0.3) is 0 Å². The van der Waals surface area contributed by atoms with Crippen molar-refractivity contribution in [1.82, 2.24) is 20.0 Å². The maximum Gasteiger partial charge on any atom is 0.234 e. The van der Waals surface area contributed by atoms with Crippen molar-refractivity contribution in [3.8, 4) is 16.9 Å². The molecule has 2 saturated heterocycles. The molecule has 1 amide bonds. The second-order valence-corrected chi connectivity index (χ2v) is 11.5. The summed E-state index contributed by atoms with van der Waals surface area (Å²) in [6.45, 7) is 11.6. The number of nitrogens with one attached hydrogen (secondary N) is 1. The molecule has 1 atom stereocenters. The lowest BCUT2D eigenvalue weighted by Crippen LogP contribution is -2.50. The molecule has 0 aliphatic carbocycles. The van der Waals surface area contributed by atoms with Crippen LogP contribution in [0.3, 0.4) is 0 Å². The number of hydrogen-bond donors (Lipinski definition) is 1. The van der Waals surface area contributed by atoms with Crippen LogP contribution >= 0.6 is 11.6 Å². The number of likely N-dealkylation sites (tertiary alicyclic amines) is 1. The third kappa shape index (κ3) is 7.78. The van der Waals surface area contributed by atoms with E-state index in [0.29, 0.717) is 19.2 Å². The number of carbonyl (C=O) groups excluding carboxylic acids is 1. The maximum absolute atomic E-state index is 12.4. The molecule has 1 N–H and O–H groups in total. The van der Waals surface area contributed by atoms with Gasteiger partial charge in [-0.1, -0.05) is 30.7 Å². The lowest BCUT2D eigenvalue weighted by atomic mass is 10.0. The minimum Gasteiger partial charge on any atom is -0.493 e. The molecule has 0 bridgehead atoms. The van der Waals surface area contributed by atoms with Crippen molar-refractivity contribution >= 4 is 28.5 Å². The van der Waals surface area contributed by atoms with Crippen LogP contribution in [0.1, 0.15) is 39.0 Å². The SMILES string of the molecule is CCN1CCCC1CNC(=O)CN1CCN(CCCCCOc2ccc3c(-c4ccc(Cl)cc4)coc3c2)CC1. The summed E-state index contributed by atoms with van der Waals surface area (Å²) < 4.78 is 11.8. The summed E-state index contributed by atoms with van der Waals surface area (Å²) in [5.41, 5.74) is 2.98. The monoisotopic (exact) mass is 566 g/mol. The molecule has 1 aromatic heterocycles. The zero-order valence-electron chi connectivity index (χ0n) is 23.7. The first-order valence-corrected chi connectivity index (χ1v) is 15.3. The molecule has 0 saturated carbocycles. The quantitative estimate of drug-likeness (QED) is 0.275. The van der Waals surface area contributed by atoms with Gasteiger partial charge in [0.1, 0.15) is 11.3 Å². The number of furan rings is 1. The van der Waals surface area contributed by atoms with Gasteiger partial charge in [0.2, 0.25) is 5.91 Å². The summed E-state index contributed by atoms with van der Waals surface area (Å²) in [6, 6.07) is 14.4. The van der Waals surface area contributed by atoms with Crippen LogP contribution in [-0.2, 0) is 4.79 Å². The number of amides is 1. The first kappa shape index (κ1) is 28.9. The highest BCUT2D eigenvalue weighted by atomic mass is 35.5. The van der Waals surface area contributed by atoms with Crippen LogP contribution in [0.25, 0.3) is 22.1 Å². The Kier molecular flexibility index (Phi) is 10.4. The smallest absolute Gasteiger partial charge is 0.234 e. The molecule has 0 spiro atoms. The molecule has 3 aromatic rings. The molecule has 1 unspecified atom stereocenters. The fourth-order valence-corrected chi connectivity index (χ4v) is 6.09. The first-order chi connectivity index (χ1) is 19.6. The number of rotatable bonds is 13. The number of fused-ring (bicyclic) bond motifs is 1. The largest absolute Gasteiger partial charge is 0.493 e. The summed E-state index contributed by atoms with van der Waals surface area (Å²) in [7, 11) is 0. The van der Waals surface area contributed by atoms with Crippen molar-refractivity contribution in [1.29, 1.82) is 0 Å². The molecule has 2 aromatic carbocycles. The standard InChI is InChI=1S/C32H43ClN4O3/c1-2-37-15-6-7-27(37)22-34-32(38)23-36-18-16-35(17-19-36)14-4-3-5-20-39-28-12-13-29-30(24-40-31(29)21-28)25-8-10-26(33)11-9-25/h8-13,21,24,27H,2-7,14-20,22-23H2,1H3,(H,34,38). The molecular weight excluding hydrogens is 524 g/mol. The third-order valence-corrected chi connectivity index (χ3v) is 8.61. The van der Waals surface area contributed by atoms with E-state index in [1.165, 1.54) is 25.8 Å². The summed E-state index contributed by atoms with van der Waals surface area (Å²) >= 11 is 6.03. The number of unbranched alkanes of at least 4 members (excludes halogenated alkanes) is 2. The number of carbonyl (C=O) groups is 1. The second kappa shape index (κ2) is 14.4. The van der Waals surface area contributed by atoms with Crippen molar-refractivity contribution in [2.24, 2.45) is 0 Å². The van der Waals surface area contributed by atoms with Crippen molar-refractivity contribution in [2.75, 3.05) is 65.5 Å². The van der Waals surface area contributed by atoms with E-state index in [9.17, 15) is 4.79 Å². The highest BCUT2D eigenvalue weighted by Gasteiger charge is 2.24. The highest BCUT2D eigenvalue weighted by Crippen LogP contribution is 2.33. The van der Waals surface area contributed by atoms with Gasteiger partial charge in [-0.15, -0.1) is 0 Å². The first-order valence-electron chi connectivity index (χ1n) is 14.9. The van der Waals surface area contributed by atoms with E-state index in [1.807, 2.05) is 36.4 Å². The highest BCUT2D eigenvalue weighted by molar-refractivity contribution is 6.30. The van der Waals surface area contributed by atoms with Crippen LogP contribution in [-0.4, -0.2) is 92.2 Å². The fraction of sp³-hybridized carbons (Fsp3) is 0.531. The van der Waals surface area contributed by atoms with Crippen molar-refractivity contribution < 1.29 is 13.9 Å². The number of halogens is 1. The van der Waals surface area contributed by atoms with Gasteiger partial charge in [0.05, 0.1) is 19.4 Å². The van der Waals surface area contributed by atoms with Gasteiger partial charge in [-0.25, -0.2) is 0 Å². The zero-order chi connectivity index (χ0) is 27.7. The Bertz CT molecular complexity index is 1220. The Morgan fingerprint density at radius 3 is 2.62 bits per heavy atom. The Balaban J connectivity index is 0.935.